The van der Waals surface area contributed by atoms with Crippen molar-refractivity contribution < 1.29 is 4.79 Å². The van der Waals surface area contributed by atoms with Gasteiger partial charge in [-0.3, -0.25) is 4.79 Å². The Morgan fingerprint density at radius 1 is 1.62 bits per heavy atom. The van der Waals surface area contributed by atoms with Gasteiger partial charge in [-0.15, -0.1) is 0 Å². The van der Waals surface area contributed by atoms with Crippen LogP contribution in [0.1, 0.15) is 33.1 Å². The minimum Gasteiger partial charge on any atom is -0.344 e. The molecule has 1 amide bonds. The molecule has 74 valence electrons. The average Bonchev–Trinajstić information content (AvgIpc) is 2.13. The van der Waals surface area contributed by atoms with Crippen LogP contribution in [0.2, 0.25) is 0 Å². The smallest absolute Gasteiger partial charge is 0.222 e. The van der Waals surface area contributed by atoms with Gasteiger partial charge in [0.05, 0.1) is 12.0 Å². The number of carbonyl (C=O) groups is 1. The molecule has 0 radical (unpaired) electrons. The lowest BCUT2D eigenvalue weighted by atomic mass is 10.2. The van der Waals surface area contributed by atoms with E-state index in [4.69, 9.17) is 5.26 Å². The summed E-state index contributed by atoms with van der Waals surface area (Å²) in [5, 5.41) is 8.55. The van der Waals surface area contributed by atoms with Crippen LogP contribution in [0.3, 0.4) is 0 Å². The Hall–Kier alpha value is -1.04. The van der Waals surface area contributed by atoms with Crippen molar-refractivity contribution in [2.75, 3.05) is 13.6 Å². The van der Waals surface area contributed by atoms with Crippen LogP contribution in [0.4, 0.5) is 0 Å². The van der Waals surface area contributed by atoms with Gasteiger partial charge in [0, 0.05) is 20.0 Å². The second kappa shape index (κ2) is 6.47. The van der Waals surface area contributed by atoms with Crippen molar-refractivity contribution in [3.8, 4) is 6.07 Å². The lowest BCUT2D eigenvalue weighted by molar-refractivity contribution is -0.130. The number of nitriles is 1. The Balaban J connectivity index is 3.77. The van der Waals surface area contributed by atoms with E-state index in [-0.39, 0.29) is 11.8 Å². The predicted molar refractivity (Wildman–Crippen MR) is 51.9 cm³/mol. The molecule has 0 aliphatic carbocycles. The highest BCUT2D eigenvalue weighted by atomic mass is 16.2. The molecule has 0 aliphatic rings. The molecule has 0 heterocycles. The highest BCUT2D eigenvalue weighted by Gasteiger charge is 2.10. The van der Waals surface area contributed by atoms with Crippen LogP contribution in [0.5, 0.6) is 0 Å². The first-order valence-corrected chi connectivity index (χ1v) is 4.75. The van der Waals surface area contributed by atoms with Gasteiger partial charge in [0.2, 0.25) is 5.91 Å². The molecule has 0 fully saturated rings. The average molecular weight is 182 g/mol. The quantitative estimate of drug-likeness (QED) is 0.650. The van der Waals surface area contributed by atoms with Gasteiger partial charge in [-0.05, 0) is 13.3 Å². The lowest BCUT2D eigenvalue weighted by Gasteiger charge is -2.17. The summed E-state index contributed by atoms with van der Waals surface area (Å²) in [5.41, 5.74) is 0. The van der Waals surface area contributed by atoms with E-state index in [1.54, 1.807) is 11.9 Å². The summed E-state index contributed by atoms with van der Waals surface area (Å²) in [6.45, 7) is 4.42. The Kier molecular flexibility index (Phi) is 5.96. The van der Waals surface area contributed by atoms with Crippen molar-refractivity contribution in [1.82, 2.24) is 4.90 Å². The number of carbonyl (C=O) groups excluding carboxylic acids is 1. The molecule has 0 N–H and O–H groups in total. The van der Waals surface area contributed by atoms with Gasteiger partial charge in [-0.25, -0.2) is 0 Å². The van der Waals surface area contributed by atoms with Gasteiger partial charge in [-0.1, -0.05) is 13.3 Å². The molecular formula is C10H18N2O. The Labute approximate surface area is 80.3 Å². The Morgan fingerprint density at radius 2 is 2.23 bits per heavy atom. The Morgan fingerprint density at radius 3 is 2.69 bits per heavy atom. The van der Waals surface area contributed by atoms with Crippen molar-refractivity contribution in [3.05, 3.63) is 0 Å². The van der Waals surface area contributed by atoms with Crippen molar-refractivity contribution >= 4 is 5.91 Å². The summed E-state index contributed by atoms with van der Waals surface area (Å²) in [6, 6.07) is 2.11. The van der Waals surface area contributed by atoms with Crippen molar-refractivity contribution in [3.63, 3.8) is 0 Å². The third kappa shape index (κ3) is 5.24. The monoisotopic (exact) mass is 182 g/mol. The number of rotatable bonds is 5. The molecule has 0 rings (SSSR count). The van der Waals surface area contributed by atoms with Gasteiger partial charge in [0.15, 0.2) is 0 Å². The first-order valence-electron chi connectivity index (χ1n) is 4.75. The molecule has 13 heavy (non-hydrogen) atoms. The molecule has 3 nitrogen and oxygen atoms in total. The second-order valence-electron chi connectivity index (χ2n) is 3.41. The summed E-state index contributed by atoms with van der Waals surface area (Å²) in [7, 11) is 1.76. The lowest BCUT2D eigenvalue weighted by Crippen LogP contribution is -2.30. The van der Waals surface area contributed by atoms with Gasteiger partial charge in [-0.2, -0.15) is 5.26 Å². The van der Waals surface area contributed by atoms with Crippen LogP contribution in [-0.4, -0.2) is 24.4 Å². The van der Waals surface area contributed by atoms with Crippen molar-refractivity contribution in [2.24, 2.45) is 5.92 Å². The largest absolute Gasteiger partial charge is 0.344 e. The summed E-state index contributed by atoms with van der Waals surface area (Å²) < 4.78 is 0. The van der Waals surface area contributed by atoms with Crippen LogP contribution in [0, 0.1) is 17.2 Å². The number of amides is 1. The molecule has 0 aromatic carbocycles. The number of unbranched alkanes of at least 4 members (excludes halogenated alkanes) is 1. The van der Waals surface area contributed by atoms with Crippen LogP contribution < -0.4 is 0 Å². The van der Waals surface area contributed by atoms with Crippen LogP contribution in [0.15, 0.2) is 0 Å². The fourth-order valence-electron chi connectivity index (χ4n) is 1.07. The first kappa shape index (κ1) is 12.0. The first-order chi connectivity index (χ1) is 6.11. The van der Waals surface area contributed by atoms with E-state index in [9.17, 15) is 4.79 Å². The normalized spacial score (nSPS) is 11.8. The molecule has 0 bridgehead atoms. The SMILES string of the molecule is CCCCC(=O)N(C)CC(C)C#N. The fraction of sp³-hybridized carbons (Fsp3) is 0.800. The minimum absolute atomic E-state index is 0.0735. The molecule has 0 spiro atoms. The molecule has 1 unspecified atom stereocenters. The second-order valence-corrected chi connectivity index (χ2v) is 3.41. The van der Waals surface area contributed by atoms with Crippen molar-refractivity contribution in [2.45, 2.75) is 33.1 Å². The van der Waals surface area contributed by atoms with Gasteiger partial charge < -0.3 is 4.90 Å². The van der Waals surface area contributed by atoms with Crippen LogP contribution >= 0.6 is 0 Å². The van der Waals surface area contributed by atoms with E-state index in [2.05, 4.69) is 13.0 Å². The number of hydrogen-bond donors (Lipinski definition) is 0. The number of nitrogens with zero attached hydrogens (tertiary/aromatic N) is 2. The zero-order valence-electron chi connectivity index (χ0n) is 8.71. The maximum absolute atomic E-state index is 11.4. The highest BCUT2D eigenvalue weighted by Crippen LogP contribution is 2.01. The third-order valence-corrected chi connectivity index (χ3v) is 1.94. The maximum Gasteiger partial charge on any atom is 0.222 e. The van der Waals surface area contributed by atoms with E-state index in [0.717, 1.165) is 12.8 Å². The summed E-state index contributed by atoms with van der Waals surface area (Å²) >= 11 is 0. The third-order valence-electron chi connectivity index (χ3n) is 1.94. The molecule has 3 heteroatoms. The fourth-order valence-corrected chi connectivity index (χ4v) is 1.07. The molecule has 0 aliphatic heterocycles. The summed E-state index contributed by atoms with van der Waals surface area (Å²) in [4.78, 5) is 13.0. The molecule has 0 saturated heterocycles. The number of hydrogen-bond acceptors (Lipinski definition) is 2. The molecular weight excluding hydrogens is 164 g/mol. The van der Waals surface area contributed by atoms with E-state index < -0.39 is 0 Å². The molecule has 0 saturated carbocycles. The standard InChI is InChI=1S/C10H18N2O/c1-4-5-6-10(13)12(3)8-9(2)7-11/h9H,4-6,8H2,1-3H3. The van der Waals surface area contributed by atoms with E-state index >= 15 is 0 Å². The predicted octanol–water partition coefficient (Wildman–Crippen LogP) is 1.79. The zero-order valence-corrected chi connectivity index (χ0v) is 8.71. The zero-order chi connectivity index (χ0) is 10.3. The molecule has 1 atom stereocenters. The van der Waals surface area contributed by atoms with E-state index in [0.29, 0.717) is 13.0 Å². The molecule has 0 aromatic heterocycles. The highest BCUT2D eigenvalue weighted by molar-refractivity contribution is 5.75. The topological polar surface area (TPSA) is 44.1 Å². The molecule has 0 aromatic rings. The maximum atomic E-state index is 11.4. The van der Waals surface area contributed by atoms with Gasteiger partial charge >= 0.3 is 0 Å². The van der Waals surface area contributed by atoms with Crippen LogP contribution in [0.25, 0.3) is 0 Å². The Bertz CT molecular complexity index is 196. The van der Waals surface area contributed by atoms with Gasteiger partial charge in [0.1, 0.15) is 0 Å². The summed E-state index contributed by atoms with van der Waals surface area (Å²) in [6.07, 6.45) is 2.57. The summed E-state index contributed by atoms with van der Waals surface area (Å²) in [5.74, 6) is 0.0690. The van der Waals surface area contributed by atoms with E-state index in [1.165, 1.54) is 0 Å². The van der Waals surface area contributed by atoms with Gasteiger partial charge in [0.25, 0.3) is 0 Å². The van der Waals surface area contributed by atoms with Crippen LogP contribution in [-0.2, 0) is 4.79 Å². The minimum atomic E-state index is -0.0735. The van der Waals surface area contributed by atoms with Crippen molar-refractivity contribution in [1.29, 1.82) is 5.26 Å². The van der Waals surface area contributed by atoms with E-state index in [1.807, 2.05) is 6.92 Å².